The number of aliphatic carboxylic acids is 1. The third-order valence-corrected chi connectivity index (χ3v) is 2.20. The average molecular weight is 295 g/mol. The molecule has 0 aromatic heterocycles. The van der Waals surface area contributed by atoms with Crippen LogP contribution in [-0.2, 0) is 9.59 Å². The van der Waals surface area contributed by atoms with Crippen LogP contribution in [0.25, 0.3) is 0 Å². The number of halogens is 6. The predicted molar refractivity (Wildman–Crippen MR) is 50.0 cm³/mol. The van der Waals surface area contributed by atoms with Gasteiger partial charge in [-0.15, -0.1) is 0 Å². The lowest BCUT2D eigenvalue weighted by Crippen LogP contribution is -2.50. The van der Waals surface area contributed by atoms with Crippen molar-refractivity contribution in [2.24, 2.45) is 11.3 Å². The minimum atomic E-state index is -5.80. The van der Waals surface area contributed by atoms with Gasteiger partial charge in [-0.3, -0.25) is 9.59 Å². The predicted octanol–water partition coefficient (Wildman–Crippen LogP) is 1.95. The first-order chi connectivity index (χ1) is 8.19. The van der Waals surface area contributed by atoms with Crippen molar-refractivity contribution in [3.8, 4) is 0 Å². The summed E-state index contributed by atoms with van der Waals surface area (Å²) in [6.07, 6.45) is -11.6. The van der Waals surface area contributed by atoms with Crippen molar-refractivity contribution in [1.82, 2.24) is 5.32 Å². The Morgan fingerprint density at radius 1 is 1.05 bits per heavy atom. The molecule has 19 heavy (non-hydrogen) atoms. The molecule has 0 radical (unpaired) electrons. The number of alkyl halides is 6. The van der Waals surface area contributed by atoms with Crippen molar-refractivity contribution in [2.75, 3.05) is 6.54 Å². The van der Waals surface area contributed by atoms with E-state index in [1.165, 1.54) is 5.32 Å². The van der Waals surface area contributed by atoms with Gasteiger partial charge in [0.05, 0.1) is 5.41 Å². The van der Waals surface area contributed by atoms with E-state index in [-0.39, 0.29) is 0 Å². The van der Waals surface area contributed by atoms with Crippen LogP contribution >= 0.6 is 0 Å². The van der Waals surface area contributed by atoms with E-state index in [0.717, 1.165) is 13.8 Å². The monoisotopic (exact) mass is 295 g/mol. The summed E-state index contributed by atoms with van der Waals surface area (Å²) in [5.41, 5.74) is -1.68. The molecule has 0 aliphatic rings. The van der Waals surface area contributed by atoms with Crippen molar-refractivity contribution in [1.29, 1.82) is 0 Å². The molecule has 0 aliphatic heterocycles. The van der Waals surface area contributed by atoms with Gasteiger partial charge in [-0.25, -0.2) is 0 Å². The summed E-state index contributed by atoms with van der Waals surface area (Å²) in [5.74, 6) is -7.97. The van der Waals surface area contributed by atoms with Crippen LogP contribution in [0.2, 0.25) is 0 Å². The minimum absolute atomic E-state index is 0.857. The SMILES string of the molecule is CC(C)(CNC(=O)C(C(F)(F)F)C(F)(F)F)C(=O)O. The molecular formula is C9H11F6NO3. The summed E-state index contributed by atoms with van der Waals surface area (Å²) in [4.78, 5) is 21.6. The van der Waals surface area contributed by atoms with Crippen LogP contribution in [-0.4, -0.2) is 35.9 Å². The normalized spacial score (nSPS) is 13.5. The summed E-state index contributed by atoms with van der Waals surface area (Å²) in [6, 6.07) is 0. The van der Waals surface area contributed by atoms with Crippen LogP contribution in [0.15, 0.2) is 0 Å². The number of rotatable bonds is 4. The number of amides is 1. The van der Waals surface area contributed by atoms with Gasteiger partial charge in [-0.05, 0) is 13.8 Å². The van der Waals surface area contributed by atoms with Gasteiger partial charge >= 0.3 is 18.3 Å². The fraction of sp³-hybridized carbons (Fsp3) is 0.778. The molecule has 0 spiro atoms. The molecule has 112 valence electrons. The molecule has 10 heteroatoms. The molecule has 0 rings (SSSR count). The maximum absolute atomic E-state index is 12.1. The second-order valence-corrected chi connectivity index (χ2v) is 4.42. The maximum Gasteiger partial charge on any atom is 0.409 e. The number of carbonyl (C=O) groups is 2. The first kappa shape index (κ1) is 17.5. The van der Waals surface area contributed by atoms with Crippen molar-refractivity contribution < 1.29 is 41.0 Å². The molecule has 2 N–H and O–H groups in total. The number of nitrogens with one attached hydrogen (secondary N) is 1. The first-order valence-electron chi connectivity index (χ1n) is 4.84. The Labute approximate surface area is 103 Å². The molecule has 0 atom stereocenters. The van der Waals surface area contributed by atoms with Crippen LogP contribution in [0.3, 0.4) is 0 Å². The minimum Gasteiger partial charge on any atom is -0.481 e. The fourth-order valence-corrected chi connectivity index (χ4v) is 0.969. The van der Waals surface area contributed by atoms with E-state index in [9.17, 15) is 35.9 Å². The standard InChI is InChI=1S/C9H11F6NO3/c1-7(2,6(18)19)3-16-5(17)4(8(10,11)12)9(13,14)15/h4H,3H2,1-2H3,(H,16,17)(H,18,19). The van der Waals surface area contributed by atoms with Gasteiger partial charge in [0.1, 0.15) is 0 Å². The molecule has 0 heterocycles. The Hall–Kier alpha value is -1.48. The largest absolute Gasteiger partial charge is 0.481 e. The van der Waals surface area contributed by atoms with Gasteiger partial charge in [-0.1, -0.05) is 0 Å². The number of carboxylic acid groups (broad SMARTS) is 1. The van der Waals surface area contributed by atoms with Crippen LogP contribution in [0.5, 0.6) is 0 Å². The number of hydrogen-bond donors (Lipinski definition) is 2. The molecule has 1 amide bonds. The second kappa shape index (κ2) is 5.25. The molecule has 0 saturated carbocycles. The van der Waals surface area contributed by atoms with Crippen molar-refractivity contribution >= 4 is 11.9 Å². The Balaban J connectivity index is 4.94. The van der Waals surface area contributed by atoms with E-state index in [2.05, 4.69) is 0 Å². The third-order valence-electron chi connectivity index (χ3n) is 2.20. The van der Waals surface area contributed by atoms with Gasteiger partial charge in [0, 0.05) is 6.54 Å². The molecule has 4 nitrogen and oxygen atoms in total. The van der Waals surface area contributed by atoms with Crippen molar-refractivity contribution in [3.05, 3.63) is 0 Å². The van der Waals surface area contributed by atoms with Gasteiger partial charge in [0.25, 0.3) is 0 Å². The molecular weight excluding hydrogens is 284 g/mol. The topological polar surface area (TPSA) is 66.4 Å². The molecule has 0 aromatic rings. The highest BCUT2D eigenvalue weighted by atomic mass is 19.4. The van der Waals surface area contributed by atoms with E-state index in [1.54, 1.807) is 0 Å². The first-order valence-corrected chi connectivity index (χ1v) is 4.84. The van der Waals surface area contributed by atoms with E-state index < -0.39 is 42.1 Å². The van der Waals surface area contributed by atoms with Crippen molar-refractivity contribution in [2.45, 2.75) is 26.2 Å². The van der Waals surface area contributed by atoms with Gasteiger partial charge in [0.2, 0.25) is 11.8 Å². The van der Waals surface area contributed by atoms with E-state index >= 15 is 0 Å². The lowest BCUT2D eigenvalue weighted by Gasteiger charge is -2.25. The molecule has 0 aromatic carbocycles. The Morgan fingerprint density at radius 2 is 1.42 bits per heavy atom. The van der Waals surface area contributed by atoms with Crippen LogP contribution < -0.4 is 5.32 Å². The second-order valence-electron chi connectivity index (χ2n) is 4.42. The zero-order valence-corrected chi connectivity index (χ0v) is 9.82. The average Bonchev–Trinajstić information content (AvgIpc) is 2.09. The highest BCUT2D eigenvalue weighted by Crippen LogP contribution is 2.39. The van der Waals surface area contributed by atoms with Crippen LogP contribution in [0.1, 0.15) is 13.8 Å². The van der Waals surface area contributed by atoms with E-state index in [1.807, 2.05) is 0 Å². The Kier molecular flexibility index (Phi) is 4.84. The summed E-state index contributed by atoms with van der Waals surface area (Å²) in [5, 5.41) is 9.97. The lowest BCUT2D eigenvalue weighted by atomic mass is 9.93. The summed E-state index contributed by atoms with van der Waals surface area (Å²) >= 11 is 0. The zero-order chi connectivity index (χ0) is 15.6. The highest BCUT2D eigenvalue weighted by Gasteiger charge is 2.61. The molecule has 0 saturated heterocycles. The smallest absolute Gasteiger partial charge is 0.409 e. The molecule has 0 bridgehead atoms. The summed E-state index contributed by atoms with van der Waals surface area (Å²) < 4.78 is 72.9. The number of carbonyl (C=O) groups excluding carboxylic acids is 1. The van der Waals surface area contributed by atoms with Crippen molar-refractivity contribution in [3.63, 3.8) is 0 Å². The highest BCUT2D eigenvalue weighted by molar-refractivity contribution is 5.81. The third kappa shape index (κ3) is 4.95. The van der Waals surface area contributed by atoms with E-state index in [0.29, 0.717) is 0 Å². The molecule has 0 aliphatic carbocycles. The van der Waals surface area contributed by atoms with Gasteiger partial charge in [-0.2, -0.15) is 26.3 Å². The fourth-order valence-electron chi connectivity index (χ4n) is 0.969. The molecule has 0 unspecified atom stereocenters. The maximum atomic E-state index is 12.1. The Morgan fingerprint density at radius 3 is 1.68 bits per heavy atom. The summed E-state index contributed by atoms with van der Waals surface area (Å²) in [7, 11) is 0. The van der Waals surface area contributed by atoms with Crippen LogP contribution in [0.4, 0.5) is 26.3 Å². The number of carboxylic acids is 1. The van der Waals surface area contributed by atoms with Gasteiger partial charge in [0.15, 0.2) is 0 Å². The zero-order valence-electron chi connectivity index (χ0n) is 9.82. The van der Waals surface area contributed by atoms with Gasteiger partial charge < -0.3 is 10.4 Å². The van der Waals surface area contributed by atoms with E-state index in [4.69, 9.17) is 5.11 Å². The molecule has 0 fully saturated rings. The quantitative estimate of drug-likeness (QED) is 0.779. The lowest BCUT2D eigenvalue weighted by molar-refractivity contribution is -0.274. The summed E-state index contributed by atoms with van der Waals surface area (Å²) in [6.45, 7) is 1.24. The Bertz CT molecular complexity index is 346. The van der Waals surface area contributed by atoms with Crippen LogP contribution in [0, 0.1) is 11.3 Å². The number of hydrogen-bond acceptors (Lipinski definition) is 2.